The minimum atomic E-state index is 0.755. The lowest BCUT2D eigenvalue weighted by Crippen LogP contribution is -1.95. The summed E-state index contributed by atoms with van der Waals surface area (Å²) in [6, 6.07) is 8.29. The fourth-order valence-corrected chi connectivity index (χ4v) is 2.36. The van der Waals surface area contributed by atoms with Crippen LogP contribution in [0.5, 0.6) is 0 Å². The monoisotopic (exact) mass is 293 g/mol. The van der Waals surface area contributed by atoms with Gasteiger partial charge in [-0.2, -0.15) is 5.26 Å². The third-order valence-corrected chi connectivity index (χ3v) is 3.92. The van der Waals surface area contributed by atoms with E-state index in [4.69, 9.17) is 5.26 Å². The van der Waals surface area contributed by atoms with Gasteiger partial charge in [-0.25, -0.2) is 0 Å². The first-order valence-corrected chi connectivity index (χ1v) is 8.15. The van der Waals surface area contributed by atoms with E-state index in [2.05, 4.69) is 64.1 Å². The number of hydrogen-bond acceptors (Lipinski definition) is 1. The van der Waals surface area contributed by atoms with Crippen molar-refractivity contribution in [3.63, 3.8) is 0 Å². The molecular formula is C21H27N. The molecule has 0 amide bonds. The SMILES string of the molecule is C/C=C\C(=C/C=C(C)CC)CCc1cc(C#N)ccc1CC. The third kappa shape index (κ3) is 5.74. The van der Waals surface area contributed by atoms with Gasteiger partial charge < -0.3 is 0 Å². The topological polar surface area (TPSA) is 23.8 Å². The molecule has 0 aliphatic heterocycles. The first-order valence-electron chi connectivity index (χ1n) is 8.15. The quantitative estimate of drug-likeness (QED) is 0.573. The second-order valence-electron chi connectivity index (χ2n) is 5.56. The Balaban J connectivity index is 2.92. The maximum Gasteiger partial charge on any atom is 0.0991 e. The van der Waals surface area contributed by atoms with E-state index < -0.39 is 0 Å². The molecule has 1 heteroatoms. The zero-order valence-electron chi connectivity index (χ0n) is 14.3. The van der Waals surface area contributed by atoms with Gasteiger partial charge in [0, 0.05) is 0 Å². The molecule has 0 spiro atoms. The van der Waals surface area contributed by atoms with Crippen LogP contribution in [0.2, 0.25) is 0 Å². The van der Waals surface area contributed by atoms with E-state index in [1.54, 1.807) is 0 Å². The normalized spacial score (nSPS) is 12.7. The van der Waals surface area contributed by atoms with Gasteiger partial charge >= 0.3 is 0 Å². The molecule has 0 N–H and O–H groups in total. The van der Waals surface area contributed by atoms with E-state index in [1.807, 2.05) is 12.1 Å². The number of benzene rings is 1. The summed E-state index contributed by atoms with van der Waals surface area (Å²) in [7, 11) is 0. The minimum Gasteiger partial charge on any atom is -0.192 e. The van der Waals surface area contributed by atoms with Gasteiger partial charge in [-0.3, -0.25) is 0 Å². The predicted molar refractivity (Wildman–Crippen MR) is 95.8 cm³/mol. The summed E-state index contributed by atoms with van der Waals surface area (Å²) in [5.41, 5.74) is 6.13. The molecule has 0 aliphatic carbocycles. The molecular weight excluding hydrogens is 266 g/mol. The van der Waals surface area contributed by atoms with Crippen molar-refractivity contribution in [1.82, 2.24) is 0 Å². The fourth-order valence-electron chi connectivity index (χ4n) is 2.36. The third-order valence-electron chi connectivity index (χ3n) is 3.92. The first kappa shape index (κ1) is 18.0. The number of allylic oxidation sites excluding steroid dienone is 6. The Morgan fingerprint density at radius 1 is 1.18 bits per heavy atom. The molecule has 0 aromatic heterocycles. The molecule has 0 radical (unpaired) electrons. The van der Waals surface area contributed by atoms with Gasteiger partial charge in [0.1, 0.15) is 0 Å². The molecule has 0 bridgehead atoms. The molecule has 0 saturated heterocycles. The lowest BCUT2D eigenvalue weighted by Gasteiger charge is -2.09. The molecule has 116 valence electrons. The second kappa shape index (κ2) is 9.79. The highest BCUT2D eigenvalue weighted by molar-refractivity contribution is 5.39. The molecule has 1 nitrogen and oxygen atoms in total. The molecule has 0 fully saturated rings. The second-order valence-corrected chi connectivity index (χ2v) is 5.56. The summed E-state index contributed by atoms with van der Waals surface area (Å²) >= 11 is 0. The van der Waals surface area contributed by atoms with E-state index in [0.717, 1.165) is 31.2 Å². The Kier molecular flexibility index (Phi) is 8.00. The van der Waals surface area contributed by atoms with Crippen LogP contribution in [0.1, 0.15) is 57.2 Å². The average Bonchev–Trinajstić information content (AvgIpc) is 2.56. The van der Waals surface area contributed by atoms with Crippen molar-refractivity contribution < 1.29 is 0 Å². The molecule has 1 aromatic carbocycles. The van der Waals surface area contributed by atoms with E-state index in [1.165, 1.54) is 22.3 Å². The van der Waals surface area contributed by atoms with Gasteiger partial charge in [0.2, 0.25) is 0 Å². The number of rotatable bonds is 7. The van der Waals surface area contributed by atoms with Crippen molar-refractivity contribution in [2.45, 2.75) is 53.4 Å². The van der Waals surface area contributed by atoms with Crippen LogP contribution < -0.4 is 0 Å². The molecule has 0 heterocycles. The molecule has 0 saturated carbocycles. The van der Waals surface area contributed by atoms with Crippen molar-refractivity contribution in [1.29, 1.82) is 5.26 Å². The first-order chi connectivity index (χ1) is 10.6. The van der Waals surface area contributed by atoms with Crippen LogP contribution in [0.25, 0.3) is 0 Å². The van der Waals surface area contributed by atoms with Gasteiger partial charge in [-0.1, -0.05) is 49.8 Å². The molecule has 0 atom stereocenters. The molecule has 0 aliphatic rings. The zero-order chi connectivity index (χ0) is 16.4. The summed E-state index contributed by atoms with van der Waals surface area (Å²) < 4.78 is 0. The summed E-state index contributed by atoms with van der Waals surface area (Å²) in [6.45, 7) is 8.56. The van der Waals surface area contributed by atoms with Crippen LogP contribution in [0.4, 0.5) is 0 Å². The maximum absolute atomic E-state index is 9.08. The Hall–Kier alpha value is -2.07. The summed E-state index contributed by atoms with van der Waals surface area (Å²) in [4.78, 5) is 0. The molecule has 22 heavy (non-hydrogen) atoms. The van der Waals surface area contributed by atoms with Crippen molar-refractivity contribution in [3.05, 3.63) is 70.3 Å². The van der Waals surface area contributed by atoms with Gasteiger partial charge in [0.05, 0.1) is 11.6 Å². The lowest BCUT2D eigenvalue weighted by atomic mass is 9.96. The summed E-state index contributed by atoms with van der Waals surface area (Å²) in [5, 5.41) is 9.08. The van der Waals surface area contributed by atoms with Crippen molar-refractivity contribution >= 4 is 0 Å². The van der Waals surface area contributed by atoms with Crippen molar-refractivity contribution in [2.75, 3.05) is 0 Å². The van der Waals surface area contributed by atoms with Crippen molar-refractivity contribution in [2.24, 2.45) is 0 Å². The average molecular weight is 293 g/mol. The van der Waals surface area contributed by atoms with Crippen LogP contribution in [0.15, 0.2) is 53.6 Å². The lowest BCUT2D eigenvalue weighted by molar-refractivity contribution is 0.933. The highest BCUT2D eigenvalue weighted by Crippen LogP contribution is 2.18. The van der Waals surface area contributed by atoms with Crippen LogP contribution in [0.3, 0.4) is 0 Å². The van der Waals surface area contributed by atoms with Crippen LogP contribution in [0, 0.1) is 11.3 Å². The number of nitrogens with zero attached hydrogens (tertiary/aromatic N) is 1. The maximum atomic E-state index is 9.08. The fraction of sp³-hybridized carbons (Fsp3) is 0.381. The van der Waals surface area contributed by atoms with Gasteiger partial charge in [-0.15, -0.1) is 0 Å². The van der Waals surface area contributed by atoms with Crippen molar-refractivity contribution in [3.8, 4) is 6.07 Å². The molecule has 1 aromatic rings. The van der Waals surface area contributed by atoms with E-state index in [-0.39, 0.29) is 0 Å². The Morgan fingerprint density at radius 2 is 1.95 bits per heavy atom. The summed E-state index contributed by atoms with van der Waals surface area (Å²) in [5.74, 6) is 0. The Bertz CT molecular complexity index is 609. The van der Waals surface area contributed by atoms with Crippen LogP contribution >= 0.6 is 0 Å². The highest BCUT2D eigenvalue weighted by Gasteiger charge is 2.04. The number of hydrogen-bond donors (Lipinski definition) is 0. The van der Waals surface area contributed by atoms with E-state index in [0.29, 0.717) is 0 Å². The standard InChI is InChI=1S/C21H27N/c1-5-8-18(10-9-17(4)6-2)11-14-21-15-19(16-22)12-13-20(21)7-3/h5,8-10,12-13,15H,6-7,11,14H2,1-4H3/b8-5-,17-9?,18-10+. The smallest absolute Gasteiger partial charge is 0.0991 e. The molecule has 1 rings (SSSR count). The molecule has 0 unspecified atom stereocenters. The van der Waals surface area contributed by atoms with E-state index >= 15 is 0 Å². The van der Waals surface area contributed by atoms with E-state index in [9.17, 15) is 0 Å². The van der Waals surface area contributed by atoms with Gasteiger partial charge in [0.25, 0.3) is 0 Å². The predicted octanol–water partition coefficient (Wildman–Crippen LogP) is 5.91. The van der Waals surface area contributed by atoms with Gasteiger partial charge in [0.15, 0.2) is 0 Å². The van der Waals surface area contributed by atoms with Crippen LogP contribution in [-0.4, -0.2) is 0 Å². The largest absolute Gasteiger partial charge is 0.192 e. The highest BCUT2D eigenvalue weighted by atomic mass is 14.2. The summed E-state index contributed by atoms with van der Waals surface area (Å²) in [6.07, 6.45) is 12.8. The number of nitriles is 1. The Labute approximate surface area is 135 Å². The Morgan fingerprint density at radius 3 is 2.55 bits per heavy atom. The number of aryl methyl sites for hydroxylation is 2. The zero-order valence-corrected chi connectivity index (χ0v) is 14.3. The van der Waals surface area contributed by atoms with Gasteiger partial charge in [-0.05, 0) is 68.4 Å². The van der Waals surface area contributed by atoms with Crippen LogP contribution in [-0.2, 0) is 12.8 Å². The minimum absolute atomic E-state index is 0.755.